The highest BCUT2D eigenvalue weighted by molar-refractivity contribution is 5.91. The number of carbonyl (C=O) groups excluding carboxylic acids is 3. The number of piperazine rings is 1. The number of esters is 2. The Hall–Kier alpha value is -3.27. The van der Waals surface area contributed by atoms with Crippen LogP contribution >= 0.6 is 0 Å². The van der Waals surface area contributed by atoms with Crippen molar-refractivity contribution in [2.75, 3.05) is 45.2 Å². The number of fused-ring (bicyclic) bond motifs is 1. The average molecular weight is 486 g/mol. The minimum absolute atomic E-state index is 0.0102. The molecule has 1 aliphatic rings. The molecule has 0 unspecified atom stereocenters. The highest BCUT2D eigenvalue weighted by atomic mass is 16.5. The zero-order valence-electron chi connectivity index (χ0n) is 21.0. The smallest absolute Gasteiger partial charge is 0.328 e. The molecule has 1 saturated heterocycles. The second-order valence-electron chi connectivity index (χ2n) is 8.86. The number of amides is 1. The average Bonchev–Trinajstić information content (AvgIpc) is 2.85. The summed E-state index contributed by atoms with van der Waals surface area (Å²) in [6.45, 7) is 9.08. The van der Waals surface area contributed by atoms with E-state index in [0.29, 0.717) is 51.0 Å². The Labute approximate surface area is 206 Å². The number of nitrogens with one attached hydrogen (secondary N) is 1. The second kappa shape index (κ2) is 12.4. The molecule has 35 heavy (non-hydrogen) atoms. The number of hydrogen-bond acceptors (Lipinski definition) is 9. The van der Waals surface area contributed by atoms with Gasteiger partial charge >= 0.3 is 11.9 Å². The van der Waals surface area contributed by atoms with Gasteiger partial charge in [-0.3, -0.25) is 14.5 Å². The molecule has 0 aliphatic carbocycles. The standard InChI is InChI=1S/C25H35N5O5/c1-5-35-25(33)23(17(2)3)28-24-18-8-6-7-9-19(18)26-20(27-24)16-29-12-14-30(15-13-29)21(31)10-11-22(32)34-4/h6-9,17,23H,5,10-16H2,1-4H3,(H,26,27,28)/t23-/m0/s1. The lowest BCUT2D eigenvalue weighted by molar-refractivity contribution is -0.145. The summed E-state index contributed by atoms with van der Waals surface area (Å²) >= 11 is 0. The van der Waals surface area contributed by atoms with Gasteiger partial charge in [0.15, 0.2) is 0 Å². The largest absolute Gasteiger partial charge is 0.469 e. The van der Waals surface area contributed by atoms with Crippen LogP contribution < -0.4 is 5.32 Å². The van der Waals surface area contributed by atoms with Gasteiger partial charge in [0.25, 0.3) is 0 Å². The highest BCUT2D eigenvalue weighted by Gasteiger charge is 2.26. The number of methoxy groups -OCH3 is 1. The van der Waals surface area contributed by atoms with Crippen molar-refractivity contribution in [1.82, 2.24) is 19.8 Å². The van der Waals surface area contributed by atoms with Gasteiger partial charge in [-0.2, -0.15) is 0 Å². The van der Waals surface area contributed by atoms with Crippen molar-refractivity contribution in [3.8, 4) is 0 Å². The summed E-state index contributed by atoms with van der Waals surface area (Å²) in [6, 6.07) is 7.18. The first-order chi connectivity index (χ1) is 16.8. The number of carbonyl (C=O) groups is 3. The van der Waals surface area contributed by atoms with Crippen molar-refractivity contribution in [3.05, 3.63) is 30.1 Å². The molecular weight excluding hydrogens is 450 g/mol. The molecule has 2 aromatic rings. The van der Waals surface area contributed by atoms with Crippen LogP contribution in [0.1, 0.15) is 39.4 Å². The van der Waals surface area contributed by atoms with E-state index in [2.05, 4.69) is 15.0 Å². The molecule has 3 rings (SSSR count). The van der Waals surface area contributed by atoms with Gasteiger partial charge in [-0.25, -0.2) is 14.8 Å². The van der Waals surface area contributed by atoms with E-state index in [4.69, 9.17) is 14.7 Å². The lowest BCUT2D eigenvalue weighted by atomic mass is 10.0. The van der Waals surface area contributed by atoms with E-state index in [1.165, 1.54) is 7.11 Å². The highest BCUT2D eigenvalue weighted by Crippen LogP contribution is 2.23. The lowest BCUT2D eigenvalue weighted by Gasteiger charge is -2.34. The number of ether oxygens (including phenoxy) is 2. The molecule has 1 aromatic carbocycles. The maximum absolute atomic E-state index is 12.5. The van der Waals surface area contributed by atoms with Gasteiger partial charge in [0.1, 0.15) is 17.7 Å². The third-order valence-corrected chi connectivity index (χ3v) is 6.01. The van der Waals surface area contributed by atoms with Gasteiger partial charge < -0.3 is 19.7 Å². The monoisotopic (exact) mass is 485 g/mol. The maximum atomic E-state index is 12.5. The Morgan fingerprint density at radius 2 is 1.77 bits per heavy atom. The van der Waals surface area contributed by atoms with Gasteiger partial charge in [0.05, 0.1) is 32.2 Å². The topological polar surface area (TPSA) is 114 Å². The third-order valence-electron chi connectivity index (χ3n) is 6.01. The zero-order chi connectivity index (χ0) is 25.4. The quantitative estimate of drug-likeness (QED) is 0.506. The number of para-hydroxylation sites is 1. The number of rotatable bonds is 10. The van der Waals surface area contributed by atoms with E-state index in [-0.39, 0.29) is 36.6 Å². The summed E-state index contributed by atoms with van der Waals surface area (Å²) in [5.41, 5.74) is 0.794. The molecule has 1 aromatic heterocycles. The Morgan fingerprint density at radius 1 is 1.06 bits per heavy atom. The van der Waals surface area contributed by atoms with Crippen molar-refractivity contribution >= 4 is 34.6 Å². The SMILES string of the molecule is CCOC(=O)[C@@H](Nc1nc(CN2CCN(C(=O)CCC(=O)OC)CC2)nc2ccccc12)C(C)C. The molecule has 0 bridgehead atoms. The van der Waals surface area contributed by atoms with Crippen LogP contribution in [0.2, 0.25) is 0 Å². The first-order valence-corrected chi connectivity index (χ1v) is 12.1. The number of anilines is 1. The minimum atomic E-state index is -0.527. The predicted octanol–water partition coefficient (Wildman–Crippen LogP) is 2.23. The summed E-state index contributed by atoms with van der Waals surface area (Å²) in [5, 5.41) is 4.14. The van der Waals surface area contributed by atoms with E-state index in [1.807, 2.05) is 38.1 Å². The van der Waals surface area contributed by atoms with Crippen molar-refractivity contribution in [2.45, 2.75) is 46.2 Å². The van der Waals surface area contributed by atoms with Crippen LogP contribution in [0.25, 0.3) is 10.9 Å². The Balaban J connectivity index is 1.70. The second-order valence-corrected chi connectivity index (χ2v) is 8.86. The van der Waals surface area contributed by atoms with Gasteiger partial charge in [-0.1, -0.05) is 26.0 Å². The molecule has 0 saturated carbocycles. The molecule has 10 nitrogen and oxygen atoms in total. The molecule has 1 fully saturated rings. The maximum Gasteiger partial charge on any atom is 0.328 e. The minimum Gasteiger partial charge on any atom is -0.469 e. The van der Waals surface area contributed by atoms with Crippen LogP contribution in [0.4, 0.5) is 5.82 Å². The summed E-state index contributed by atoms with van der Waals surface area (Å²) in [5.74, 6) is 0.535. The molecule has 1 atom stereocenters. The predicted molar refractivity (Wildman–Crippen MR) is 132 cm³/mol. The first-order valence-electron chi connectivity index (χ1n) is 12.1. The van der Waals surface area contributed by atoms with E-state index >= 15 is 0 Å². The fourth-order valence-corrected chi connectivity index (χ4v) is 4.01. The van der Waals surface area contributed by atoms with Gasteiger partial charge in [-0.15, -0.1) is 0 Å². The zero-order valence-corrected chi connectivity index (χ0v) is 21.0. The lowest BCUT2D eigenvalue weighted by Crippen LogP contribution is -2.48. The molecular formula is C25H35N5O5. The summed E-state index contributed by atoms with van der Waals surface area (Å²) < 4.78 is 9.87. The fraction of sp³-hybridized carbons (Fsp3) is 0.560. The summed E-state index contributed by atoms with van der Waals surface area (Å²) in [6.07, 6.45) is 0.256. The van der Waals surface area contributed by atoms with Crippen molar-refractivity contribution in [2.24, 2.45) is 5.92 Å². The molecule has 1 amide bonds. The van der Waals surface area contributed by atoms with Crippen LogP contribution in [0.5, 0.6) is 0 Å². The fourth-order valence-electron chi connectivity index (χ4n) is 4.01. The molecule has 1 aliphatic heterocycles. The molecule has 10 heteroatoms. The van der Waals surface area contributed by atoms with Crippen LogP contribution in [0.15, 0.2) is 24.3 Å². The summed E-state index contributed by atoms with van der Waals surface area (Å²) in [7, 11) is 1.32. The van der Waals surface area contributed by atoms with Crippen LogP contribution in [-0.2, 0) is 30.4 Å². The van der Waals surface area contributed by atoms with Gasteiger partial charge in [-0.05, 0) is 25.0 Å². The molecule has 0 spiro atoms. The molecule has 190 valence electrons. The van der Waals surface area contributed by atoms with Gasteiger partial charge in [0.2, 0.25) is 5.91 Å². The number of aromatic nitrogens is 2. The Morgan fingerprint density at radius 3 is 2.43 bits per heavy atom. The van der Waals surface area contributed by atoms with Crippen LogP contribution in [0, 0.1) is 5.92 Å². The Kier molecular flexibility index (Phi) is 9.36. The Bertz CT molecular complexity index is 1040. The van der Waals surface area contributed by atoms with Crippen LogP contribution in [0.3, 0.4) is 0 Å². The number of nitrogens with zero attached hydrogens (tertiary/aromatic N) is 4. The van der Waals surface area contributed by atoms with Crippen molar-refractivity contribution < 1.29 is 23.9 Å². The van der Waals surface area contributed by atoms with E-state index < -0.39 is 6.04 Å². The molecule has 1 N–H and O–H groups in total. The van der Waals surface area contributed by atoms with Crippen molar-refractivity contribution in [1.29, 1.82) is 0 Å². The van der Waals surface area contributed by atoms with E-state index in [9.17, 15) is 14.4 Å². The molecule has 0 radical (unpaired) electrons. The summed E-state index contributed by atoms with van der Waals surface area (Å²) in [4.78, 5) is 49.7. The third kappa shape index (κ3) is 7.11. The van der Waals surface area contributed by atoms with Crippen molar-refractivity contribution in [3.63, 3.8) is 0 Å². The van der Waals surface area contributed by atoms with Crippen LogP contribution in [-0.4, -0.2) is 83.6 Å². The first kappa shape index (κ1) is 26.3. The van der Waals surface area contributed by atoms with Gasteiger partial charge in [0, 0.05) is 38.0 Å². The molecule has 2 heterocycles. The number of benzene rings is 1. The van der Waals surface area contributed by atoms with E-state index in [1.54, 1.807) is 11.8 Å². The van der Waals surface area contributed by atoms with E-state index in [0.717, 1.165) is 10.9 Å². The number of hydrogen-bond donors (Lipinski definition) is 1. The normalized spacial score (nSPS) is 15.2.